The Kier molecular flexibility index (Phi) is 5.20. The van der Waals surface area contributed by atoms with Crippen molar-refractivity contribution in [2.75, 3.05) is 7.11 Å². The van der Waals surface area contributed by atoms with Crippen LogP contribution in [0.5, 0.6) is 11.5 Å². The van der Waals surface area contributed by atoms with Gasteiger partial charge in [0.25, 0.3) is 0 Å². The van der Waals surface area contributed by atoms with Crippen LogP contribution in [0.1, 0.15) is 15.9 Å². The standard InChI is InChI=1S/C15H12Br2O3/c1-19-15-5-2-10(6-14(15)17)9-20-12-3-4-13(16)11(7-12)8-18/h2-8H,9H2,1H3. The summed E-state index contributed by atoms with van der Waals surface area (Å²) in [6.45, 7) is 0.419. The van der Waals surface area contributed by atoms with E-state index in [4.69, 9.17) is 9.47 Å². The third-order valence-corrected chi connectivity index (χ3v) is 4.06. The van der Waals surface area contributed by atoms with Crippen LogP contribution in [0.4, 0.5) is 0 Å². The summed E-state index contributed by atoms with van der Waals surface area (Å²) in [4.78, 5) is 10.9. The van der Waals surface area contributed by atoms with E-state index < -0.39 is 0 Å². The van der Waals surface area contributed by atoms with Crippen LogP contribution in [-0.2, 0) is 6.61 Å². The van der Waals surface area contributed by atoms with Crippen molar-refractivity contribution in [1.82, 2.24) is 0 Å². The molecule has 0 spiro atoms. The zero-order valence-corrected chi connectivity index (χ0v) is 13.9. The molecule has 0 fully saturated rings. The van der Waals surface area contributed by atoms with Crippen molar-refractivity contribution in [2.24, 2.45) is 0 Å². The monoisotopic (exact) mass is 398 g/mol. The molecule has 0 unspecified atom stereocenters. The van der Waals surface area contributed by atoms with Crippen molar-refractivity contribution >= 4 is 38.1 Å². The molecule has 104 valence electrons. The summed E-state index contributed by atoms with van der Waals surface area (Å²) < 4.78 is 12.5. The van der Waals surface area contributed by atoms with Crippen LogP contribution in [0.25, 0.3) is 0 Å². The summed E-state index contributed by atoms with van der Waals surface area (Å²) in [5.41, 5.74) is 1.58. The molecule has 20 heavy (non-hydrogen) atoms. The van der Waals surface area contributed by atoms with E-state index in [9.17, 15) is 4.79 Å². The highest BCUT2D eigenvalue weighted by molar-refractivity contribution is 9.10. The first-order chi connectivity index (χ1) is 9.63. The molecule has 5 heteroatoms. The quantitative estimate of drug-likeness (QED) is 0.688. The number of benzene rings is 2. The Morgan fingerprint density at radius 1 is 1.10 bits per heavy atom. The molecular formula is C15H12Br2O3. The van der Waals surface area contributed by atoms with Gasteiger partial charge in [-0.1, -0.05) is 22.0 Å². The highest BCUT2D eigenvalue weighted by atomic mass is 79.9. The topological polar surface area (TPSA) is 35.5 Å². The van der Waals surface area contributed by atoms with Crippen molar-refractivity contribution in [1.29, 1.82) is 0 Å². The lowest BCUT2D eigenvalue weighted by molar-refractivity contribution is 0.112. The number of ether oxygens (including phenoxy) is 2. The third kappa shape index (κ3) is 3.61. The minimum absolute atomic E-state index is 0.419. The Morgan fingerprint density at radius 3 is 2.55 bits per heavy atom. The molecule has 0 saturated heterocycles. The fourth-order valence-electron chi connectivity index (χ4n) is 1.67. The molecule has 2 aromatic carbocycles. The van der Waals surface area contributed by atoms with E-state index in [1.165, 1.54) is 0 Å². The van der Waals surface area contributed by atoms with E-state index in [-0.39, 0.29) is 0 Å². The highest BCUT2D eigenvalue weighted by Gasteiger charge is 2.04. The Morgan fingerprint density at radius 2 is 1.90 bits per heavy atom. The van der Waals surface area contributed by atoms with Gasteiger partial charge in [-0.05, 0) is 51.8 Å². The molecule has 0 atom stereocenters. The summed E-state index contributed by atoms with van der Waals surface area (Å²) in [7, 11) is 1.62. The zero-order chi connectivity index (χ0) is 14.5. The molecule has 0 aliphatic heterocycles. The van der Waals surface area contributed by atoms with E-state index >= 15 is 0 Å². The second-order valence-electron chi connectivity index (χ2n) is 4.06. The molecule has 0 aliphatic carbocycles. The lowest BCUT2D eigenvalue weighted by atomic mass is 10.2. The number of hydrogen-bond acceptors (Lipinski definition) is 3. The summed E-state index contributed by atoms with van der Waals surface area (Å²) in [5, 5.41) is 0. The van der Waals surface area contributed by atoms with Crippen molar-refractivity contribution in [3.8, 4) is 11.5 Å². The predicted molar refractivity (Wildman–Crippen MR) is 84.6 cm³/mol. The van der Waals surface area contributed by atoms with Crippen LogP contribution in [0.2, 0.25) is 0 Å². The number of rotatable bonds is 5. The van der Waals surface area contributed by atoms with Gasteiger partial charge in [-0.2, -0.15) is 0 Å². The molecule has 0 aromatic heterocycles. The third-order valence-electron chi connectivity index (χ3n) is 2.72. The molecule has 0 bridgehead atoms. The Labute approximate surface area is 134 Å². The van der Waals surface area contributed by atoms with E-state index in [0.717, 1.165) is 26.5 Å². The van der Waals surface area contributed by atoms with Crippen LogP contribution in [0.3, 0.4) is 0 Å². The van der Waals surface area contributed by atoms with Crippen molar-refractivity contribution in [3.05, 3.63) is 56.5 Å². The van der Waals surface area contributed by atoms with Gasteiger partial charge in [-0.15, -0.1) is 0 Å². The number of methoxy groups -OCH3 is 1. The summed E-state index contributed by atoms with van der Waals surface area (Å²) >= 11 is 6.74. The number of hydrogen-bond donors (Lipinski definition) is 0. The number of halogens is 2. The summed E-state index contributed by atoms with van der Waals surface area (Å²) in [5.74, 6) is 1.43. The van der Waals surface area contributed by atoms with Crippen LogP contribution in [0.15, 0.2) is 45.3 Å². The summed E-state index contributed by atoms with van der Waals surface area (Å²) in [6.07, 6.45) is 0.793. The molecule has 0 heterocycles. The van der Waals surface area contributed by atoms with Crippen molar-refractivity contribution < 1.29 is 14.3 Å². The molecule has 0 aliphatic rings. The van der Waals surface area contributed by atoms with Gasteiger partial charge in [0.15, 0.2) is 6.29 Å². The fourth-order valence-corrected chi connectivity index (χ4v) is 2.60. The average molecular weight is 400 g/mol. The maximum atomic E-state index is 10.9. The van der Waals surface area contributed by atoms with E-state index in [1.54, 1.807) is 19.2 Å². The van der Waals surface area contributed by atoms with Crippen LogP contribution < -0.4 is 9.47 Å². The first-order valence-electron chi connectivity index (χ1n) is 5.84. The highest BCUT2D eigenvalue weighted by Crippen LogP contribution is 2.26. The molecule has 0 saturated carbocycles. The second kappa shape index (κ2) is 6.90. The molecule has 0 radical (unpaired) electrons. The fraction of sp³-hybridized carbons (Fsp3) is 0.133. The molecule has 0 amide bonds. The van der Waals surface area contributed by atoms with Crippen LogP contribution >= 0.6 is 31.9 Å². The van der Waals surface area contributed by atoms with Crippen LogP contribution in [0, 0.1) is 0 Å². The second-order valence-corrected chi connectivity index (χ2v) is 5.77. The van der Waals surface area contributed by atoms with E-state index in [0.29, 0.717) is 17.9 Å². The lowest BCUT2D eigenvalue weighted by Crippen LogP contribution is -1.97. The molecular weight excluding hydrogens is 388 g/mol. The maximum Gasteiger partial charge on any atom is 0.151 e. The predicted octanol–water partition coefficient (Wildman–Crippen LogP) is 4.61. The number of carbonyl (C=O) groups excluding carboxylic acids is 1. The normalized spacial score (nSPS) is 10.2. The summed E-state index contributed by atoms with van der Waals surface area (Å²) in [6, 6.07) is 11.1. The molecule has 3 nitrogen and oxygen atoms in total. The Hall–Kier alpha value is -1.33. The Balaban J connectivity index is 2.08. The zero-order valence-electron chi connectivity index (χ0n) is 10.7. The van der Waals surface area contributed by atoms with Gasteiger partial charge in [-0.3, -0.25) is 4.79 Å². The molecule has 2 aromatic rings. The van der Waals surface area contributed by atoms with E-state index in [2.05, 4.69) is 31.9 Å². The smallest absolute Gasteiger partial charge is 0.151 e. The SMILES string of the molecule is COc1ccc(COc2ccc(Br)c(C=O)c2)cc1Br. The largest absolute Gasteiger partial charge is 0.496 e. The van der Waals surface area contributed by atoms with Crippen molar-refractivity contribution in [3.63, 3.8) is 0 Å². The minimum atomic E-state index is 0.419. The van der Waals surface area contributed by atoms with Gasteiger partial charge >= 0.3 is 0 Å². The number of carbonyl (C=O) groups is 1. The number of aldehydes is 1. The van der Waals surface area contributed by atoms with E-state index in [1.807, 2.05) is 24.3 Å². The van der Waals surface area contributed by atoms with Gasteiger partial charge in [-0.25, -0.2) is 0 Å². The van der Waals surface area contributed by atoms with Gasteiger partial charge in [0.2, 0.25) is 0 Å². The van der Waals surface area contributed by atoms with Gasteiger partial charge < -0.3 is 9.47 Å². The molecule has 2 rings (SSSR count). The Bertz CT molecular complexity index is 627. The molecule has 0 N–H and O–H groups in total. The average Bonchev–Trinajstić information content (AvgIpc) is 2.46. The van der Waals surface area contributed by atoms with Gasteiger partial charge in [0.05, 0.1) is 11.6 Å². The van der Waals surface area contributed by atoms with Gasteiger partial charge in [0.1, 0.15) is 18.1 Å². The first-order valence-corrected chi connectivity index (χ1v) is 7.42. The lowest BCUT2D eigenvalue weighted by Gasteiger charge is -2.09. The minimum Gasteiger partial charge on any atom is -0.496 e. The maximum absolute atomic E-state index is 10.9. The first kappa shape index (κ1) is 15.1. The van der Waals surface area contributed by atoms with Crippen molar-refractivity contribution in [2.45, 2.75) is 6.61 Å². The van der Waals surface area contributed by atoms with Gasteiger partial charge in [0, 0.05) is 10.0 Å². The van der Waals surface area contributed by atoms with Crippen LogP contribution in [-0.4, -0.2) is 13.4 Å².